The van der Waals surface area contributed by atoms with Crippen LogP contribution in [0, 0.1) is 5.92 Å². The molecule has 3 fully saturated rings. The maximum atomic E-state index is 12.7. The predicted octanol–water partition coefficient (Wildman–Crippen LogP) is 1.53. The summed E-state index contributed by atoms with van der Waals surface area (Å²) in [5, 5.41) is 22.3. The average Bonchev–Trinajstić information content (AvgIpc) is 3.32. The molecule has 2 heterocycles. The van der Waals surface area contributed by atoms with Gasteiger partial charge < -0.3 is 14.9 Å². The molecule has 132 valence electrons. The molecule has 1 aromatic rings. The predicted molar refractivity (Wildman–Crippen MR) is 89.8 cm³/mol. The number of carbonyl (C=O) groups excluding carboxylic acids is 1. The Morgan fingerprint density at radius 2 is 2.12 bits per heavy atom. The number of benzene rings is 1. The van der Waals surface area contributed by atoms with Crippen LogP contribution in [0.4, 0.5) is 0 Å². The number of nitrogens with zero attached hydrogens (tertiary/aromatic N) is 1. The number of aliphatic hydroxyl groups is 1. The molecular weight excluding hydrogens is 318 g/mol. The number of ketones is 1. The maximum Gasteiger partial charge on any atom is 0.174 e. The SMILES string of the molecule is O=C1CC[C@@]2(O)C3Cc4ccc(O)c5c4[C@@]2(CCN3CC2CC2)C1O5. The van der Waals surface area contributed by atoms with Crippen LogP contribution in [0.15, 0.2) is 12.1 Å². The Kier molecular flexibility index (Phi) is 2.55. The Hall–Kier alpha value is -1.59. The molecule has 2 bridgehead atoms. The van der Waals surface area contributed by atoms with Crippen molar-refractivity contribution in [3.05, 3.63) is 23.3 Å². The standard InChI is InChI=1S/C20H23NO4/c22-13-4-3-12-9-15-20(24)6-5-14(23)18-19(20,16(12)17(13)25-18)7-8-21(15)10-11-1-2-11/h3-4,11,15,18,22,24H,1-2,5-10H2/t15?,18?,19-,20+/m0/s1. The van der Waals surface area contributed by atoms with Gasteiger partial charge in [0, 0.05) is 24.6 Å². The third-order valence-corrected chi connectivity index (χ3v) is 7.56. The summed E-state index contributed by atoms with van der Waals surface area (Å²) in [6.45, 7) is 1.95. The van der Waals surface area contributed by atoms with Gasteiger partial charge in [0.25, 0.3) is 0 Å². The van der Waals surface area contributed by atoms with Crippen molar-refractivity contribution >= 4 is 5.78 Å². The number of carbonyl (C=O) groups is 1. The van der Waals surface area contributed by atoms with Gasteiger partial charge in [-0.2, -0.15) is 0 Å². The van der Waals surface area contributed by atoms with Crippen molar-refractivity contribution in [2.45, 2.75) is 61.7 Å². The number of ether oxygens (including phenoxy) is 1. The third kappa shape index (κ3) is 1.56. The van der Waals surface area contributed by atoms with Gasteiger partial charge >= 0.3 is 0 Å². The van der Waals surface area contributed by atoms with Crippen molar-refractivity contribution in [3.8, 4) is 11.5 Å². The smallest absolute Gasteiger partial charge is 0.174 e. The van der Waals surface area contributed by atoms with Gasteiger partial charge in [0.15, 0.2) is 23.4 Å². The molecule has 2 unspecified atom stereocenters. The van der Waals surface area contributed by atoms with E-state index in [1.807, 2.05) is 6.07 Å². The molecule has 5 nitrogen and oxygen atoms in total. The molecule has 2 N–H and O–H groups in total. The Labute approximate surface area is 146 Å². The number of aromatic hydroxyl groups is 1. The number of piperidine rings is 1. The zero-order valence-corrected chi connectivity index (χ0v) is 14.2. The summed E-state index contributed by atoms with van der Waals surface area (Å²) >= 11 is 0. The monoisotopic (exact) mass is 341 g/mol. The second-order valence-corrected chi connectivity index (χ2v) is 8.72. The van der Waals surface area contributed by atoms with E-state index in [-0.39, 0.29) is 17.6 Å². The van der Waals surface area contributed by atoms with Gasteiger partial charge in [-0.05, 0) is 56.2 Å². The van der Waals surface area contributed by atoms with Gasteiger partial charge in [0.05, 0.1) is 11.0 Å². The fraction of sp³-hybridized carbons (Fsp3) is 0.650. The van der Waals surface area contributed by atoms with Crippen molar-refractivity contribution in [3.63, 3.8) is 0 Å². The summed E-state index contributed by atoms with van der Waals surface area (Å²) in [7, 11) is 0. The molecule has 4 atom stereocenters. The van der Waals surface area contributed by atoms with E-state index < -0.39 is 17.1 Å². The Morgan fingerprint density at radius 1 is 1.28 bits per heavy atom. The zero-order valence-electron chi connectivity index (χ0n) is 14.2. The highest BCUT2D eigenvalue weighted by Crippen LogP contribution is 2.64. The lowest BCUT2D eigenvalue weighted by Gasteiger charge is -2.62. The fourth-order valence-electron chi connectivity index (χ4n) is 6.26. The van der Waals surface area contributed by atoms with Gasteiger partial charge in [0.1, 0.15) is 0 Å². The first kappa shape index (κ1) is 14.6. The van der Waals surface area contributed by atoms with E-state index in [2.05, 4.69) is 4.90 Å². The molecule has 2 saturated carbocycles. The summed E-state index contributed by atoms with van der Waals surface area (Å²) in [6.07, 6.45) is 4.33. The summed E-state index contributed by atoms with van der Waals surface area (Å²) in [5.74, 6) is 1.39. The normalized spacial score (nSPS) is 41.4. The van der Waals surface area contributed by atoms with E-state index >= 15 is 0 Å². The van der Waals surface area contributed by atoms with Gasteiger partial charge in [-0.1, -0.05) is 6.07 Å². The highest BCUT2D eigenvalue weighted by Gasteiger charge is 2.73. The molecule has 1 saturated heterocycles. The molecule has 0 radical (unpaired) electrons. The van der Waals surface area contributed by atoms with Gasteiger partial charge in [-0.15, -0.1) is 0 Å². The summed E-state index contributed by atoms with van der Waals surface area (Å²) in [6, 6.07) is 3.69. The molecule has 6 rings (SSSR count). The van der Waals surface area contributed by atoms with Crippen LogP contribution in [0.1, 0.15) is 43.2 Å². The van der Waals surface area contributed by atoms with E-state index in [0.717, 1.165) is 43.0 Å². The molecule has 5 heteroatoms. The topological polar surface area (TPSA) is 70.0 Å². The van der Waals surface area contributed by atoms with Gasteiger partial charge in [0.2, 0.25) is 0 Å². The number of phenols is 1. The lowest BCUT2D eigenvalue weighted by atomic mass is 9.49. The first-order valence-electron chi connectivity index (χ1n) is 9.56. The highest BCUT2D eigenvalue weighted by atomic mass is 16.5. The highest BCUT2D eigenvalue weighted by molar-refractivity contribution is 5.90. The number of Topliss-reactive ketones (excluding diaryl/α,β-unsaturated/α-hetero) is 1. The summed E-state index contributed by atoms with van der Waals surface area (Å²) in [5.41, 5.74) is 0.454. The third-order valence-electron chi connectivity index (χ3n) is 7.56. The molecule has 1 aromatic carbocycles. The zero-order chi connectivity index (χ0) is 17.0. The largest absolute Gasteiger partial charge is 0.504 e. The van der Waals surface area contributed by atoms with Crippen molar-refractivity contribution in [2.75, 3.05) is 13.1 Å². The summed E-state index contributed by atoms with van der Waals surface area (Å²) < 4.78 is 6.04. The van der Waals surface area contributed by atoms with Crippen LogP contribution in [0.3, 0.4) is 0 Å². The van der Waals surface area contributed by atoms with Crippen LogP contribution in [0.5, 0.6) is 11.5 Å². The minimum absolute atomic E-state index is 0.0454. The first-order valence-corrected chi connectivity index (χ1v) is 9.56. The lowest BCUT2D eigenvalue weighted by molar-refractivity contribution is -0.188. The Morgan fingerprint density at radius 3 is 2.92 bits per heavy atom. The van der Waals surface area contributed by atoms with E-state index in [1.165, 1.54) is 12.8 Å². The molecule has 0 aromatic heterocycles. The Balaban J connectivity index is 1.58. The molecule has 1 spiro atoms. The fourth-order valence-corrected chi connectivity index (χ4v) is 6.26. The van der Waals surface area contributed by atoms with Gasteiger partial charge in [-0.3, -0.25) is 9.69 Å². The second kappa shape index (κ2) is 4.38. The second-order valence-electron chi connectivity index (χ2n) is 8.72. The van der Waals surface area contributed by atoms with Crippen molar-refractivity contribution in [2.24, 2.45) is 5.92 Å². The van der Waals surface area contributed by atoms with E-state index in [0.29, 0.717) is 18.6 Å². The average molecular weight is 341 g/mol. The van der Waals surface area contributed by atoms with Crippen LogP contribution in [0.25, 0.3) is 0 Å². The summed E-state index contributed by atoms with van der Waals surface area (Å²) in [4.78, 5) is 15.2. The number of phenolic OH excluding ortho intramolecular Hbond substituents is 1. The number of hydrogen-bond donors (Lipinski definition) is 2. The number of rotatable bonds is 2. The van der Waals surface area contributed by atoms with Crippen molar-refractivity contribution < 1.29 is 19.7 Å². The van der Waals surface area contributed by atoms with Crippen LogP contribution in [0.2, 0.25) is 0 Å². The number of likely N-dealkylation sites (tertiary alicyclic amines) is 1. The minimum Gasteiger partial charge on any atom is -0.504 e. The lowest BCUT2D eigenvalue weighted by Crippen LogP contribution is -2.76. The van der Waals surface area contributed by atoms with E-state index in [4.69, 9.17) is 4.74 Å². The number of hydrogen-bond acceptors (Lipinski definition) is 5. The van der Waals surface area contributed by atoms with Crippen LogP contribution < -0.4 is 4.74 Å². The first-order chi connectivity index (χ1) is 12.0. The van der Waals surface area contributed by atoms with Crippen LogP contribution >= 0.6 is 0 Å². The molecule has 3 aliphatic carbocycles. The molecule has 0 amide bonds. The maximum absolute atomic E-state index is 12.7. The van der Waals surface area contributed by atoms with E-state index in [9.17, 15) is 15.0 Å². The molecular formula is C20H23NO4. The van der Waals surface area contributed by atoms with Gasteiger partial charge in [-0.25, -0.2) is 0 Å². The molecule has 25 heavy (non-hydrogen) atoms. The van der Waals surface area contributed by atoms with Crippen LogP contribution in [-0.4, -0.2) is 51.7 Å². The van der Waals surface area contributed by atoms with Crippen LogP contribution in [-0.2, 0) is 16.6 Å². The van der Waals surface area contributed by atoms with Crippen molar-refractivity contribution in [1.29, 1.82) is 0 Å². The molecule has 2 aliphatic heterocycles. The minimum atomic E-state index is -0.940. The van der Waals surface area contributed by atoms with Crippen molar-refractivity contribution in [1.82, 2.24) is 4.90 Å². The quantitative estimate of drug-likeness (QED) is 0.854. The Bertz CT molecular complexity index is 803. The molecule has 5 aliphatic rings. The van der Waals surface area contributed by atoms with E-state index in [1.54, 1.807) is 6.07 Å².